The van der Waals surface area contributed by atoms with Gasteiger partial charge in [-0.15, -0.1) is 0 Å². The highest BCUT2D eigenvalue weighted by Crippen LogP contribution is 2.25. The van der Waals surface area contributed by atoms with E-state index in [0.717, 1.165) is 43.9 Å². The van der Waals surface area contributed by atoms with Crippen LogP contribution in [0.2, 0.25) is 0 Å². The largest absolute Gasteiger partial charge is 0.489 e. The fourth-order valence-corrected chi connectivity index (χ4v) is 4.47. The van der Waals surface area contributed by atoms with Crippen LogP contribution in [0.15, 0.2) is 71.8 Å². The molecule has 1 aromatic carbocycles. The number of aromatic nitrogens is 2. The highest BCUT2D eigenvalue weighted by Gasteiger charge is 2.33. The molecule has 1 atom stereocenters. The summed E-state index contributed by atoms with van der Waals surface area (Å²) in [4.78, 5) is 33.5. The number of pyridine rings is 2. The van der Waals surface area contributed by atoms with E-state index in [9.17, 15) is 9.59 Å². The van der Waals surface area contributed by atoms with Gasteiger partial charge in [-0.25, -0.2) is 4.98 Å². The molecule has 0 radical (unpaired) electrons. The number of hydrogen-bond acceptors (Lipinski definition) is 5. The molecule has 164 valence electrons. The molecule has 0 aliphatic carbocycles. The fraction of sp³-hybridized carbons (Fsp3) is 0.320. The molecule has 32 heavy (non-hydrogen) atoms. The zero-order valence-electron chi connectivity index (χ0n) is 17.9. The van der Waals surface area contributed by atoms with Crippen LogP contribution >= 0.6 is 0 Å². The lowest BCUT2D eigenvalue weighted by Gasteiger charge is -2.24. The first-order valence-electron chi connectivity index (χ1n) is 11.1. The molecule has 2 aliphatic rings. The van der Waals surface area contributed by atoms with E-state index >= 15 is 0 Å². The summed E-state index contributed by atoms with van der Waals surface area (Å²) in [7, 11) is 0. The average molecular weight is 431 g/mol. The van der Waals surface area contributed by atoms with Crippen LogP contribution in [0.3, 0.4) is 0 Å². The molecule has 7 nitrogen and oxygen atoms in total. The Morgan fingerprint density at radius 1 is 1.03 bits per heavy atom. The fourth-order valence-electron chi connectivity index (χ4n) is 4.47. The monoisotopic (exact) mass is 430 g/mol. The summed E-state index contributed by atoms with van der Waals surface area (Å²) in [6, 6.07) is 17.3. The molecular weight excluding hydrogens is 404 g/mol. The highest BCUT2D eigenvalue weighted by molar-refractivity contribution is 5.78. The van der Waals surface area contributed by atoms with Crippen LogP contribution in [-0.4, -0.2) is 46.0 Å². The van der Waals surface area contributed by atoms with Crippen molar-refractivity contribution in [2.75, 3.05) is 24.5 Å². The van der Waals surface area contributed by atoms with E-state index in [0.29, 0.717) is 24.5 Å². The van der Waals surface area contributed by atoms with Crippen molar-refractivity contribution in [3.63, 3.8) is 0 Å². The van der Waals surface area contributed by atoms with Gasteiger partial charge in [0.25, 0.3) is 5.56 Å². The van der Waals surface area contributed by atoms with E-state index in [1.165, 1.54) is 6.07 Å². The molecule has 7 heteroatoms. The van der Waals surface area contributed by atoms with Gasteiger partial charge in [0.15, 0.2) is 0 Å². The highest BCUT2D eigenvalue weighted by atomic mass is 16.5. The normalized spacial score (nSPS) is 18.4. The molecule has 1 unspecified atom stereocenters. The third-order valence-electron chi connectivity index (χ3n) is 6.19. The Morgan fingerprint density at radius 3 is 2.62 bits per heavy atom. The molecule has 5 rings (SSSR count). The smallest absolute Gasteiger partial charge is 0.258 e. The molecule has 0 spiro atoms. The van der Waals surface area contributed by atoms with Gasteiger partial charge in [-0.1, -0.05) is 30.3 Å². The summed E-state index contributed by atoms with van der Waals surface area (Å²) in [6.45, 7) is 2.98. The van der Waals surface area contributed by atoms with E-state index in [2.05, 4.69) is 9.88 Å². The predicted octanol–water partition coefficient (Wildman–Crippen LogP) is 3.01. The second-order valence-electron chi connectivity index (χ2n) is 8.30. The van der Waals surface area contributed by atoms with Gasteiger partial charge in [0.1, 0.15) is 18.2 Å². The van der Waals surface area contributed by atoms with Crippen LogP contribution in [0.1, 0.15) is 24.8 Å². The van der Waals surface area contributed by atoms with Gasteiger partial charge in [0.05, 0.1) is 17.9 Å². The van der Waals surface area contributed by atoms with E-state index in [1.807, 2.05) is 47.4 Å². The van der Waals surface area contributed by atoms with E-state index in [-0.39, 0.29) is 17.5 Å². The van der Waals surface area contributed by atoms with Crippen molar-refractivity contribution in [1.29, 1.82) is 0 Å². The van der Waals surface area contributed by atoms with Gasteiger partial charge in [-0.3, -0.25) is 14.2 Å². The van der Waals surface area contributed by atoms with Gasteiger partial charge >= 0.3 is 0 Å². The molecule has 2 fully saturated rings. The maximum atomic E-state index is 12.6. The van der Waals surface area contributed by atoms with Crippen molar-refractivity contribution >= 4 is 11.7 Å². The number of benzene rings is 1. The van der Waals surface area contributed by atoms with Gasteiger partial charge < -0.3 is 14.5 Å². The van der Waals surface area contributed by atoms with Crippen LogP contribution in [0.4, 0.5) is 5.82 Å². The number of carbonyl (C=O) groups excluding carboxylic acids is 1. The summed E-state index contributed by atoms with van der Waals surface area (Å²) in [6.07, 6.45) is 6.04. The van der Waals surface area contributed by atoms with Gasteiger partial charge in [0, 0.05) is 38.3 Å². The zero-order chi connectivity index (χ0) is 21.9. The van der Waals surface area contributed by atoms with Crippen molar-refractivity contribution in [2.45, 2.75) is 31.9 Å². The molecule has 0 bridgehead atoms. The van der Waals surface area contributed by atoms with Gasteiger partial charge in [0.2, 0.25) is 5.91 Å². The summed E-state index contributed by atoms with van der Waals surface area (Å²) >= 11 is 0. The SMILES string of the molecule is O=C1CCCN1C1CCN(c2ccc(-n3ccc(OCc4ccccc4)cc3=O)cn2)C1. The lowest BCUT2D eigenvalue weighted by atomic mass is 10.2. The van der Waals surface area contributed by atoms with E-state index < -0.39 is 0 Å². The minimum absolute atomic E-state index is 0.168. The quantitative estimate of drug-likeness (QED) is 0.601. The standard InChI is InChI=1S/C25H26N4O3/c30-24-7-4-12-28(24)21-10-13-27(17-21)23-9-8-20(16-26-23)29-14-11-22(15-25(29)31)32-18-19-5-2-1-3-6-19/h1-3,5-6,8-9,11,14-16,21H,4,7,10,12-13,17-18H2. The molecule has 1 amide bonds. The lowest BCUT2D eigenvalue weighted by Crippen LogP contribution is -2.38. The molecule has 0 saturated carbocycles. The maximum Gasteiger partial charge on any atom is 0.258 e. The number of amides is 1. The Bertz CT molecular complexity index is 1140. The first-order valence-corrected chi connectivity index (χ1v) is 11.1. The minimum atomic E-state index is -0.168. The summed E-state index contributed by atoms with van der Waals surface area (Å²) in [5.74, 6) is 1.69. The van der Waals surface area contributed by atoms with Crippen LogP contribution in [0.25, 0.3) is 5.69 Å². The van der Waals surface area contributed by atoms with Gasteiger partial charge in [-0.2, -0.15) is 0 Å². The Labute approximate surface area is 186 Å². The first kappa shape index (κ1) is 20.3. The summed E-state index contributed by atoms with van der Waals surface area (Å²) in [5, 5.41) is 0. The summed E-state index contributed by atoms with van der Waals surface area (Å²) < 4.78 is 7.30. The van der Waals surface area contributed by atoms with Crippen LogP contribution in [-0.2, 0) is 11.4 Å². The van der Waals surface area contributed by atoms with E-state index in [4.69, 9.17) is 4.74 Å². The number of rotatable bonds is 6. The number of likely N-dealkylation sites (tertiary alicyclic amines) is 1. The third kappa shape index (κ3) is 4.23. The Morgan fingerprint density at radius 2 is 1.91 bits per heavy atom. The van der Waals surface area contributed by atoms with Crippen LogP contribution in [0, 0.1) is 0 Å². The number of nitrogens with zero attached hydrogens (tertiary/aromatic N) is 4. The molecule has 3 aromatic rings. The average Bonchev–Trinajstić information content (AvgIpc) is 3.48. The Hall–Kier alpha value is -3.61. The van der Waals surface area contributed by atoms with Crippen molar-refractivity contribution in [2.24, 2.45) is 0 Å². The Balaban J connectivity index is 1.24. The lowest BCUT2D eigenvalue weighted by molar-refractivity contribution is -0.129. The third-order valence-corrected chi connectivity index (χ3v) is 6.19. The molecule has 2 aliphatic heterocycles. The van der Waals surface area contributed by atoms with Crippen LogP contribution < -0.4 is 15.2 Å². The number of anilines is 1. The zero-order valence-corrected chi connectivity index (χ0v) is 17.9. The topological polar surface area (TPSA) is 67.7 Å². The first-order chi connectivity index (χ1) is 15.7. The molecular formula is C25H26N4O3. The summed E-state index contributed by atoms with van der Waals surface area (Å²) in [5.41, 5.74) is 1.59. The van der Waals surface area contributed by atoms with Crippen LogP contribution in [0.5, 0.6) is 5.75 Å². The maximum absolute atomic E-state index is 12.6. The van der Waals surface area contributed by atoms with Crippen molar-refractivity contribution < 1.29 is 9.53 Å². The van der Waals surface area contributed by atoms with Gasteiger partial charge in [-0.05, 0) is 36.6 Å². The second kappa shape index (κ2) is 8.86. The second-order valence-corrected chi connectivity index (χ2v) is 8.30. The molecule has 0 N–H and O–H groups in total. The predicted molar refractivity (Wildman–Crippen MR) is 122 cm³/mol. The number of hydrogen-bond donors (Lipinski definition) is 0. The molecule has 4 heterocycles. The molecule has 2 aromatic heterocycles. The Kier molecular flexibility index (Phi) is 5.62. The van der Waals surface area contributed by atoms with Crippen molar-refractivity contribution in [1.82, 2.24) is 14.5 Å². The number of ether oxygens (including phenoxy) is 1. The minimum Gasteiger partial charge on any atom is -0.489 e. The van der Waals surface area contributed by atoms with Crippen molar-refractivity contribution in [3.8, 4) is 11.4 Å². The molecule has 2 saturated heterocycles. The van der Waals surface area contributed by atoms with Crippen molar-refractivity contribution in [3.05, 3.63) is 82.9 Å². The number of carbonyl (C=O) groups is 1. The van der Waals surface area contributed by atoms with E-state index in [1.54, 1.807) is 23.0 Å².